The predicted molar refractivity (Wildman–Crippen MR) is 86.9 cm³/mol. The molecule has 3 N–H and O–H groups in total. The van der Waals surface area contributed by atoms with Gasteiger partial charge in [0.2, 0.25) is 5.91 Å². The number of methoxy groups -OCH3 is 1. The van der Waals surface area contributed by atoms with Crippen LogP contribution in [-0.4, -0.2) is 44.8 Å². The molecule has 0 spiro atoms. The van der Waals surface area contributed by atoms with Crippen molar-refractivity contribution in [1.82, 2.24) is 5.32 Å². The summed E-state index contributed by atoms with van der Waals surface area (Å²) < 4.78 is 18.7. The third-order valence-electron chi connectivity index (χ3n) is 3.64. The number of amides is 1. The van der Waals surface area contributed by atoms with Gasteiger partial charge in [0.25, 0.3) is 0 Å². The Labute approximate surface area is 136 Å². The molecule has 2 unspecified atom stereocenters. The fourth-order valence-electron chi connectivity index (χ4n) is 2.59. The average molecular weight is 332 g/mol. The Morgan fingerprint density at radius 1 is 1.55 bits per heavy atom. The molecule has 1 aromatic carbocycles. The van der Waals surface area contributed by atoms with Gasteiger partial charge in [0.1, 0.15) is 11.9 Å². The maximum absolute atomic E-state index is 13.8. The number of hydrogen-bond acceptors (Lipinski definition) is 4. The molecule has 0 saturated carbocycles. The van der Waals surface area contributed by atoms with Gasteiger partial charge in [-0.1, -0.05) is 12.1 Å². The van der Waals surface area contributed by atoms with Gasteiger partial charge in [0.05, 0.1) is 12.3 Å². The molecular weight excluding hydrogens is 309 g/mol. The molecule has 0 aliphatic carbocycles. The van der Waals surface area contributed by atoms with Crippen molar-refractivity contribution >= 4 is 24.0 Å². The Hall–Kier alpha value is -1.37. The number of piperidine rings is 1. The van der Waals surface area contributed by atoms with Crippen LogP contribution >= 0.6 is 12.4 Å². The second kappa shape index (κ2) is 8.92. The highest BCUT2D eigenvalue weighted by molar-refractivity contribution is 5.85. The number of anilines is 1. The molecule has 22 heavy (non-hydrogen) atoms. The Morgan fingerprint density at radius 3 is 2.95 bits per heavy atom. The lowest BCUT2D eigenvalue weighted by Crippen LogP contribution is -2.53. The van der Waals surface area contributed by atoms with E-state index >= 15 is 0 Å². The first kappa shape index (κ1) is 18.7. The number of ether oxygens (including phenoxy) is 1. The van der Waals surface area contributed by atoms with Gasteiger partial charge in [-0.05, 0) is 25.0 Å². The van der Waals surface area contributed by atoms with Crippen molar-refractivity contribution in [3.8, 4) is 0 Å². The normalized spacial score (nSPS) is 19.2. The first-order chi connectivity index (χ1) is 10.1. The first-order valence-electron chi connectivity index (χ1n) is 7.16. The van der Waals surface area contributed by atoms with E-state index in [0.717, 1.165) is 19.4 Å². The highest BCUT2D eigenvalue weighted by atomic mass is 35.5. The highest BCUT2D eigenvalue weighted by Crippen LogP contribution is 2.22. The molecule has 2 rings (SSSR count). The van der Waals surface area contributed by atoms with Crippen molar-refractivity contribution in [2.75, 3.05) is 31.7 Å². The lowest BCUT2D eigenvalue weighted by Gasteiger charge is -2.35. The van der Waals surface area contributed by atoms with Crippen LogP contribution in [0.3, 0.4) is 0 Å². The number of nitrogens with two attached hydrogens (primary N) is 1. The van der Waals surface area contributed by atoms with Crippen LogP contribution < -0.4 is 16.0 Å². The zero-order chi connectivity index (χ0) is 15.2. The van der Waals surface area contributed by atoms with Crippen molar-refractivity contribution in [3.05, 3.63) is 30.1 Å². The van der Waals surface area contributed by atoms with Crippen molar-refractivity contribution in [1.29, 1.82) is 0 Å². The zero-order valence-electron chi connectivity index (χ0n) is 12.6. The largest absolute Gasteiger partial charge is 0.383 e. The predicted octanol–water partition coefficient (Wildman–Crippen LogP) is 1.31. The fraction of sp³-hybridized carbons (Fsp3) is 0.533. The molecule has 0 bridgehead atoms. The van der Waals surface area contributed by atoms with Crippen LogP contribution in [0.4, 0.5) is 10.1 Å². The van der Waals surface area contributed by atoms with Crippen molar-refractivity contribution < 1.29 is 13.9 Å². The molecule has 1 saturated heterocycles. The number of carbonyl (C=O) groups excluding carboxylic acids is 1. The van der Waals surface area contributed by atoms with E-state index < -0.39 is 6.04 Å². The SMILES string of the molecule is COCC(N)C(=O)NC1CCCN(c2ccccc2F)C1.Cl. The summed E-state index contributed by atoms with van der Waals surface area (Å²) in [6, 6.07) is 6.01. The number of hydrogen-bond donors (Lipinski definition) is 2. The van der Waals surface area contributed by atoms with E-state index in [0.29, 0.717) is 12.2 Å². The van der Waals surface area contributed by atoms with Crippen molar-refractivity contribution in [2.45, 2.75) is 24.9 Å². The van der Waals surface area contributed by atoms with Gasteiger partial charge in [-0.3, -0.25) is 4.79 Å². The molecular formula is C15H23ClFN3O2. The number of nitrogens with zero attached hydrogens (tertiary/aromatic N) is 1. The Morgan fingerprint density at radius 2 is 2.27 bits per heavy atom. The van der Waals surface area contributed by atoms with Gasteiger partial charge in [0, 0.05) is 26.2 Å². The van der Waals surface area contributed by atoms with Gasteiger partial charge in [0.15, 0.2) is 0 Å². The molecule has 1 amide bonds. The van der Waals surface area contributed by atoms with Gasteiger partial charge in [-0.15, -0.1) is 12.4 Å². The number of carbonyl (C=O) groups is 1. The summed E-state index contributed by atoms with van der Waals surface area (Å²) in [6.45, 7) is 1.57. The van der Waals surface area contributed by atoms with Crippen molar-refractivity contribution in [2.24, 2.45) is 5.73 Å². The second-order valence-corrected chi connectivity index (χ2v) is 5.31. The quantitative estimate of drug-likeness (QED) is 0.853. The zero-order valence-corrected chi connectivity index (χ0v) is 13.4. The number of para-hydroxylation sites is 1. The lowest BCUT2D eigenvalue weighted by molar-refractivity contribution is -0.124. The summed E-state index contributed by atoms with van der Waals surface area (Å²) >= 11 is 0. The Bertz CT molecular complexity index is 490. The van der Waals surface area contributed by atoms with Crippen LogP contribution in [0.1, 0.15) is 12.8 Å². The number of nitrogens with one attached hydrogen (secondary N) is 1. The molecule has 2 atom stereocenters. The molecule has 1 aromatic rings. The van der Waals surface area contributed by atoms with Gasteiger partial charge >= 0.3 is 0 Å². The van der Waals surface area contributed by atoms with E-state index in [1.54, 1.807) is 12.1 Å². The third kappa shape index (κ3) is 4.83. The summed E-state index contributed by atoms with van der Waals surface area (Å²) in [5, 5.41) is 2.91. The summed E-state index contributed by atoms with van der Waals surface area (Å²) in [7, 11) is 1.51. The smallest absolute Gasteiger partial charge is 0.239 e. The molecule has 5 nitrogen and oxygen atoms in total. The van der Waals surface area contributed by atoms with Crippen LogP contribution in [0.5, 0.6) is 0 Å². The molecule has 1 aliphatic heterocycles. The summed E-state index contributed by atoms with van der Waals surface area (Å²) in [5.74, 6) is -0.460. The van der Waals surface area contributed by atoms with E-state index in [9.17, 15) is 9.18 Å². The summed E-state index contributed by atoms with van der Waals surface area (Å²) in [6.07, 6.45) is 1.77. The molecule has 1 heterocycles. The van der Waals surface area contributed by atoms with Crippen LogP contribution in [0, 0.1) is 5.82 Å². The van der Waals surface area contributed by atoms with Gasteiger partial charge in [-0.2, -0.15) is 0 Å². The monoisotopic (exact) mass is 331 g/mol. The number of halogens is 2. The molecule has 1 aliphatic rings. The van der Waals surface area contributed by atoms with Gasteiger partial charge < -0.3 is 20.7 Å². The fourth-order valence-corrected chi connectivity index (χ4v) is 2.59. The van der Waals surface area contributed by atoms with Gasteiger partial charge in [-0.25, -0.2) is 4.39 Å². The molecule has 0 aromatic heterocycles. The van der Waals surface area contributed by atoms with Crippen LogP contribution in [-0.2, 0) is 9.53 Å². The Balaban J connectivity index is 0.00000242. The average Bonchev–Trinajstić information content (AvgIpc) is 2.48. The maximum atomic E-state index is 13.8. The Kier molecular flexibility index (Phi) is 7.58. The van der Waals surface area contributed by atoms with E-state index in [2.05, 4.69) is 5.32 Å². The maximum Gasteiger partial charge on any atom is 0.239 e. The number of rotatable bonds is 5. The minimum Gasteiger partial charge on any atom is -0.383 e. The minimum absolute atomic E-state index is 0. The number of benzene rings is 1. The standard InChI is InChI=1S/C15H22FN3O2.ClH/c1-21-10-13(17)15(20)18-11-5-4-8-19(9-11)14-7-3-2-6-12(14)16;/h2-3,6-7,11,13H,4-5,8-10,17H2,1H3,(H,18,20);1H. The first-order valence-corrected chi connectivity index (χ1v) is 7.16. The summed E-state index contributed by atoms with van der Waals surface area (Å²) in [5.41, 5.74) is 6.29. The molecule has 7 heteroatoms. The third-order valence-corrected chi connectivity index (χ3v) is 3.64. The van der Waals surface area contributed by atoms with E-state index in [1.807, 2.05) is 11.0 Å². The molecule has 1 fully saturated rings. The van der Waals surface area contributed by atoms with E-state index in [1.165, 1.54) is 13.2 Å². The van der Waals surface area contributed by atoms with E-state index in [4.69, 9.17) is 10.5 Å². The molecule has 0 radical (unpaired) electrons. The van der Waals surface area contributed by atoms with Crippen LogP contribution in [0.2, 0.25) is 0 Å². The molecule has 124 valence electrons. The second-order valence-electron chi connectivity index (χ2n) is 5.31. The van der Waals surface area contributed by atoms with E-state index in [-0.39, 0.29) is 36.8 Å². The van der Waals surface area contributed by atoms with Crippen LogP contribution in [0.25, 0.3) is 0 Å². The minimum atomic E-state index is -0.668. The lowest BCUT2D eigenvalue weighted by atomic mass is 10.0. The van der Waals surface area contributed by atoms with Crippen molar-refractivity contribution in [3.63, 3.8) is 0 Å². The van der Waals surface area contributed by atoms with Crippen LogP contribution in [0.15, 0.2) is 24.3 Å². The highest BCUT2D eigenvalue weighted by Gasteiger charge is 2.24. The summed E-state index contributed by atoms with van der Waals surface area (Å²) in [4.78, 5) is 13.9. The topological polar surface area (TPSA) is 67.6 Å².